The zero-order valence-electron chi connectivity index (χ0n) is 27.6. The first-order valence-corrected chi connectivity index (χ1v) is 19.2. The van der Waals surface area contributed by atoms with Gasteiger partial charge in [0, 0.05) is 22.5 Å². The molecule has 0 aliphatic heterocycles. The Bertz CT molecular complexity index is 1300. The molecule has 41 heavy (non-hydrogen) atoms. The third-order valence-corrected chi connectivity index (χ3v) is 15.3. The van der Waals surface area contributed by atoms with Gasteiger partial charge in [-0.2, -0.15) is 0 Å². The molecule has 4 heteroatoms. The Morgan fingerprint density at radius 3 is 2.15 bits per heavy atom. The standard InChI is InChI=1S/C37H55NO2Si/c1-24(2)33-32(34(39)26-16-18-27(19-17-26)35(3,4)5)30(25-14-11-12-15-25)31-28(38-33)22-37(20-13-21-37)23-29(31)40-41(9,10)36(6,7)8/h14,16-19,24,29,34,39H,11-13,15,20-23H2,1-10H3/t29-,34+/m0/s1. The highest BCUT2D eigenvalue weighted by atomic mass is 28.4. The summed E-state index contributed by atoms with van der Waals surface area (Å²) in [7, 11) is -2.05. The van der Waals surface area contributed by atoms with Crippen molar-refractivity contribution in [2.24, 2.45) is 5.41 Å². The second kappa shape index (κ2) is 10.8. The fourth-order valence-electron chi connectivity index (χ4n) is 7.07. The molecule has 0 unspecified atom stereocenters. The Labute approximate surface area is 251 Å². The van der Waals surface area contributed by atoms with E-state index < -0.39 is 14.4 Å². The molecule has 5 rings (SSSR count). The van der Waals surface area contributed by atoms with Gasteiger partial charge in [0.2, 0.25) is 0 Å². The molecule has 0 amide bonds. The third-order valence-electron chi connectivity index (χ3n) is 10.8. The monoisotopic (exact) mass is 573 g/mol. The smallest absolute Gasteiger partial charge is 0.192 e. The van der Waals surface area contributed by atoms with Gasteiger partial charge in [-0.1, -0.05) is 92.2 Å². The van der Waals surface area contributed by atoms with E-state index in [1.807, 2.05) is 0 Å². The molecule has 1 N–H and O–H groups in total. The first-order valence-electron chi connectivity index (χ1n) is 16.3. The number of aliphatic hydroxyl groups is 1. The van der Waals surface area contributed by atoms with Crippen LogP contribution in [0.2, 0.25) is 18.1 Å². The van der Waals surface area contributed by atoms with Crippen LogP contribution < -0.4 is 0 Å². The van der Waals surface area contributed by atoms with Gasteiger partial charge in [-0.15, -0.1) is 0 Å². The van der Waals surface area contributed by atoms with Crippen molar-refractivity contribution in [3.8, 4) is 0 Å². The Morgan fingerprint density at radius 2 is 1.66 bits per heavy atom. The molecule has 1 saturated carbocycles. The molecule has 3 aliphatic carbocycles. The van der Waals surface area contributed by atoms with E-state index in [1.54, 1.807) is 0 Å². The van der Waals surface area contributed by atoms with Crippen molar-refractivity contribution in [3.05, 3.63) is 69.5 Å². The van der Waals surface area contributed by atoms with Crippen molar-refractivity contribution in [3.63, 3.8) is 0 Å². The van der Waals surface area contributed by atoms with Crippen molar-refractivity contribution in [2.75, 3.05) is 0 Å². The highest BCUT2D eigenvalue weighted by Gasteiger charge is 2.49. The summed E-state index contributed by atoms with van der Waals surface area (Å²) in [5.74, 6) is 0.221. The van der Waals surface area contributed by atoms with Crippen LogP contribution in [0.5, 0.6) is 0 Å². The first kappa shape index (κ1) is 30.7. The molecule has 0 saturated heterocycles. The van der Waals surface area contributed by atoms with Crippen LogP contribution in [0.3, 0.4) is 0 Å². The van der Waals surface area contributed by atoms with Gasteiger partial charge in [-0.3, -0.25) is 4.98 Å². The number of hydrogen-bond donors (Lipinski definition) is 1. The predicted octanol–water partition coefficient (Wildman–Crippen LogP) is 10.3. The summed E-state index contributed by atoms with van der Waals surface area (Å²) in [6, 6.07) is 8.65. The number of nitrogens with zero attached hydrogens (tertiary/aromatic N) is 1. The maximum atomic E-state index is 12.3. The van der Waals surface area contributed by atoms with Gasteiger partial charge >= 0.3 is 0 Å². The Balaban J connectivity index is 1.73. The molecule has 224 valence electrons. The van der Waals surface area contributed by atoms with Crippen molar-refractivity contribution < 1.29 is 9.53 Å². The lowest BCUT2D eigenvalue weighted by molar-refractivity contribution is 0.0296. The summed E-state index contributed by atoms with van der Waals surface area (Å²) < 4.78 is 7.39. The number of aromatic nitrogens is 1. The summed E-state index contributed by atoms with van der Waals surface area (Å²) in [5.41, 5.74) is 9.99. The van der Waals surface area contributed by atoms with E-state index in [-0.39, 0.29) is 22.5 Å². The minimum atomic E-state index is -2.05. The molecule has 1 fully saturated rings. The van der Waals surface area contributed by atoms with Gasteiger partial charge < -0.3 is 9.53 Å². The molecule has 0 bridgehead atoms. The Kier molecular flexibility index (Phi) is 8.05. The second-order valence-electron chi connectivity index (χ2n) is 16.3. The number of allylic oxidation sites excluding steroid dienone is 2. The number of fused-ring (bicyclic) bond motifs is 1. The average Bonchev–Trinajstić information content (AvgIpc) is 3.39. The van der Waals surface area contributed by atoms with Crippen LogP contribution in [0.1, 0.15) is 158 Å². The first-order chi connectivity index (χ1) is 19.0. The number of pyridine rings is 1. The zero-order chi connectivity index (χ0) is 30.0. The molecule has 1 aromatic heterocycles. The van der Waals surface area contributed by atoms with Gasteiger partial charge in [-0.25, -0.2) is 0 Å². The lowest BCUT2D eigenvalue weighted by Gasteiger charge is -2.51. The van der Waals surface area contributed by atoms with Crippen LogP contribution in [0.25, 0.3) is 5.57 Å². The molecule has 2 atom stereocenters. The Morgan fingerprint density at radius 1 is 1.00 bits per heavy atom. The number of benzene rings is 1. The molecule has 1 aromatic carbocycles. The Hall–Kier alpha value is -1.75. The zero-order valence-corrected chi connectivity index (χ0v) is 28.6. The van der Waals surface area contributed by atoms with Crippen LogP contribution in [-0.2, 0) is 16.3 Å². The molecular weight excluding hydrogens is 518 g/mol. The number of rotatable bonds is 6. The topological polar surface area (TPSA) is 42.4 Å². The summed E-state index contributed by atoms with van der Waals surface area (Å²) in [6.45, 7) is 23.0. The van der Waals surface area contributed by atoms with Gasteiger partial charge in [0.05, 0.1) is 6.10 Å². The minimum absolute atomic E-state index is 0.0411. The normalized spacial score (nSPS) is 21.6. The molecule has 3 aliphatic rings. The highest BCUT2D eigenvalue weighted by Crippen LogP contribution is 2.58. The molecule has 1 spiro atoms. The summed E-state index contributed by atoms with van der Waals surface area (Å²) in [5, 5.41) is 12.4. The average molecular weight is 574 g/mol. The van der Waals surface area contributed by atoms with Crippen LogP contribution in [-0.4, -0.2) is 18.4 Å². The van der Waals surface area contributed by atoms with Crippen LogP contribution in [0.15, 0.2) is 30.3 Å². The summed E-state index contributed by atoms with van der Waals surface area (Å²) in [6.07, 6.45) is 11.1. The van der Waals surface area contributed by atoms with E-state index in [2.05, 4.69) is 98.8 Å². The van der Waals surface area contributed by atoms with Crippen molar-refractivity contribution in [1.82, 2.24) is 4.98 Å². The van der Waals surface area contributed by atoms with E-state index in [9.17, 15) is 5.11 Å². The number of hydrogen-bond acceptors (Lipinski definition) is 3. The van der Waals surface area contributed by atoms with Gasteiger partial charge in [0.15, 0.2) is 8.32 Å². The number of aliphatic hydroxyl groups excluding tert-OH is 1. The quantitative estimate of drug-likeness (QED) is 0.350. The molecule has 0 radical (unpaired) electrons. The highest BCUT2D eigenvalue weighted by molar-refractivity contribution is 6.74. The maximum Gasteiger partial charge on any atom is 0.192 e. The molecular formula is C37H55NO2Si. The van der Waals surface area contributed by atoms with Crippen LogP contribution >= 0.6 is 0 Å². The summed E-state index contributed by atoms with van der Waals surface area (Å²) >= 11 is 0. The largest absolute Gasteiger partial charge is 0.410 e. The van der Waals surface area contributed by atoms with Crippen molar-refractivity contribution >= 4 is 13.9 Å². The van der Waals surface area contributed by atoms with Crippen molar-refractivity contribution in [2.45, 2.75) is 148 Å². The predicted molar refractivity (Wildman–Crippen MR) is 175 cm³/mol. The van der Waals surface area contributed by atoms with E-state index in [0.29, 0.717) is 5.41 Å². The van der Waals surface area contributed by atoms with Gasteiger partial charge in [0.25, 0.3) is 0 Å². The minimum Gasteiger partial charge on any atom is -0.410 e. The van der Waals surface area contributed by atoms with Crippen molar-refractivity contribution in [1.29, 1.82) is 0 Å². The lowest BCUT2D eigenvalue weighted by Crippen LogP contribution is -2.46. The molecule has 3 nitrogen and oxygen atoms in total. The lowest BCUT2D eigenvalue weighted by atomic mass is 9.59. The molecule has 1 heterocycles. The second-order valence-corrected chi connectivity index (χ2v) is 21.1. The fraction of sp³-hybridized carbons (Fsp3) is 0.649. The maximum absolute atomic E-state index is 12.3. The van der Waals surface area contributed by atoms with E-state index in [4.69, 9.17) is 9.41 Å². The van der Waals surface area contributed by atoms with E-state index in [1.165, 1.54) is 53.6 Å². The van der Waals surface area contributed by atoms with Crippen LogP contribution in [0, 0.1) is 5.41 Å². The van der Waals surface area contributed by atoms with Gasteiger partial charge in [-0.05, 0) is 102 Å². The fourth-order valence-corrected chi connectivity index (χ4v) is 8.34. The van der Waals surface area contributed by atoms with E-state index in [0.717, 1.165) is 42.5 Å². The van der Waals surface area contributed by atoms with Crippen LogP contribution in [0.4, 0.5) is 0 Å². The van der Waals surface area contributed by atoms with E-state index >= 15 is 0 Å². The SMILES string of the molecule is CC(C)c1nc2c(c(C3=CCCC3)c1[C@H](O)c1ccc(C(C)(C)C)cc1)[C@@H](O[Si](C)(C)C(C)(C)C)CC1(CCC1)C2. The molecule has 2 aromatic rings. The third kappa shape index (κ3) is 5.78. The van der Waals surface area contributed by atoms with Gasteiger partial charge in [0.1, 0.15) is 6.10 Å². The summed E-state index contributed by atoms with van der Waals surface area (Å²) in [4.78, 5) is 5.52.